The number of rotatable bonds is 3. The van der Waals surface area contributed by atoms with Gasteiger partial charge in [-0.25, -0.2) is 0 Å². The van der Waals surface area contributed by atoms with Crippen LogP contribution in [0.1, 0.15) is 79.6 Å². The third kappa shape index (κ3) is 6.73. The van der Waals surface area contributed by atoms with E-state index in [1.165, 1.54) is 12.7 Å². The summed E-state index contributed by atoms with van der Waals surface area (Å²) in [5, 5.41) is 33.9. The van der Waals surface area contributed by atoms with Gasteiger partial charge in [-0.1, -0.05) is 56.7 Å². The summed E-state index contributed by atoms with van der Waals surface area (Å²) in [6.45, 7) is 9.73. The maximum Gasteiger partial charge on any atom is 0.316 e. The molecule has 8 nitrogen and oxygen atoms in total. The molecule has 1 aliphatic carbocycles. The van der Waals surface area contributed by atoms with Gasteiger partial charge in [-0.15, -0.1) is 0 Å². The Balaban J connectivity index is 1.76. The zero-order valence-electron chi connectivity index (χ0n) is 25.5. The molecule has 8 heteroatoms. The van der Waals surface area contributed by atoms with E-state index in [1.54, 1.807) is 25.2 Å². The maximum atomic E-state index is 13.9. The van der Waals surface area contributed by atoms with Gasteiger partial charge >= 0.3 is 5.97 Å². The molecule has 10 atom stereocenters. The molecule has 2 bridgehead atoms. The number of aliphatic hydroxyl groups is 3. The first-order valence-electron chi connectivity index (χ1n) is 15.3. The van der Waals surface area contributed by atoms with Crippen molar-refractivity contribution in [1.82, 2.24) is 0 Å². The molecule has 0 saturated carbocycles. The zero-order chi connectivity index (χ0) is 29.9. The predicted molar refractivity (Wildman–Crippen MR) is 156 cm³/mol. The average molecular weight is 575 g/mol. The molecule has 230 valence electrons. The third-order valence-electron chi connectivity index (χ3n) is 9.51. The molecule has 0 amide bonds. The topological polar surface area (TPSA) is 115 Å². The minimum Gasteiger partial charge on any atom is -0.462 e. The predicted octanol–water partition coefficient (Wildman–Crippen LogP) is 4.53. The van der Waals surface area contributed by atoms with Crippen LogP contribution in [0.2, 0.25) is 0 Å². The molecule has 3 heterocycles. The van der Waals surface area contributed by atoms with E-state index in [0.717, 1.165) is 25.7 Å². The summed E-state index contributed by atoms with van der Waals surface area (Å²) in [5.74, 6) is -2.13. The van der Waals surface area contributed by atoms with Gasteiger partial charge in [0.2, 0.25) is 0 Å². The second-order valence-electron chi connectivity index (χ2n) is 12.7. The minimum atomic E-state index is -2.13. The number of esters is 1. The van der Waals surface area contributed by atoms with Crippen molar-refractivity contribution in [1.29, 1.82) is 0 Å². The number of carbonyl (C=O) groups excluding carboxylic acids is 1. The number of ether oxygens (including phenoxy) is 4. The van der Waals surface area contributed by atoms with Crippen LogP contribution < -0.4 is 0 Å². The number of carbonyl (C=O) groups is 1. The Labute approximate surface area is 245 Å². The molecule has 0 aromatic carbocycles. The van der Waals surface area contributed by atoms with E-state index in [0.29, 0.717) is 30.8 Å². The number of aliphatic hydroxyl groups excluding tert-OH is 2. The van der Waals surface area contributed by atoms with Crippen LogP contribution in [0, 0.1) is 17.8 Å². The summed E-state index contributed by atoms with van der Waals surface area (Å²) in [4.78, 5) is 13.9. The molecule has 2 saturated heterocycles. The summed E-state index contributed by atoms with van der Waals surface area (Å²) in [6, 6.07) is 0. The second kappa shape index (κ2) is 13.2. The van der Waals surface area contributed by atoms with Gasteiger partial charge in [0.15, 0.2) is 5.79 Å². The summed E-state index contributed by atoms with van der Waals surface area (Å²) >= 11 is 0. The van der Waals surface area contributed by atoms with Crippen molar-refractivity contribution in [2.24, 2.45) is 17.8 Å². The van der Waals surface area contributed by atoms with Gasteiger partial charge in [-0.2, -0.15) is 0 Å². The summed E-state index contributed by atoms with van der Waals surface area (Å²) < 4.78 is 25.0. The van der Waals surface area contributed by atoms with E-state index in [4.69, 9.17) is 18.9 Å². The van der Waals surface area contributed by atoms with E-state index in [2.05, 4.69) is 33.8 Å². The van der Waals surface area contributed by atoms with E-state index in [1.807, 2.05) is 6.08 Å². The van der Waals surface area contributed by atoms with Crippen molar-refractivity contribution in [3.8, 4) is 0 Å². The highest BCUT2D eigenvalue weighted by Crippen LogP contribution is 2.45. The quantitative estimate of drug-likeness (QED) is 0.333. The highest BCUT2D eigenvalue weighted by atomic mass is 16.7. The van der Waals surface area contributed by atoms with Crippen LogP contribution in [0.25, 0.3) is 0 Å². The number of fused-ring (bicyclic) bond motifs is 3. The van der Waals surface area contributed by atoms with E-state index < -0.39 is 48.2 Å². The molecule has 0 unspecified atom stereocenters. The van der Waals surface area contributed by atoms with E-state index in [-0.39, 0.29) is 23.7 Å². The summed E-state index contributed by atoms with van der Waals surface area (Å²) in [7, 11) is 1.44. The first-order valence-corrected chi connectivity index (χ1v) is 15.3. The Bertz CT molecular complexity index is 1060. The number of hydrogen-bond donors (Lipinski definition) is 3. The molecule has 3 N–H and O–H groups in total. The van der Waals surface area contributed by atoms with Gasteiger partial charge in [0, 0.05) is 26.4 Å². The Morgan fingerprint density at radius 2 is 1.93 bits per heavy atom. The van der Waals surface area contributed by atoms with Crippen LogP contribution in [-0.4, -0.2) is 76.9 Å². The molecule has 0 radical (unpaired) electrons. The Morgan fingerprint density at radius 3 is 2.61 bits per heavy atom. The van der Waals surface area contributed by atoms with E-state index in [9.17, 15) is 20.1 Å². The molecule has 2 fully saturated rings. The number of methoxy groups -OCH3 is 1. The Hall–Kier alpha value is -1.81. The Kier molecular flexibility index (Phi) is 10.4. The van der Waals surface area contributed by atoms with Crippen LogP contribution in [-0.2, 0) is 23.7 Å². The van der Waals surface area contributed by atoms with Gasteiger partial charge in [0.1, 0.15) is 29.8 Å². The smallest absolute Gasteiger partial charge is 0.316 e. The molecule has 41 heavy (non-hydrogen) atoms. The molecule has 4 rings (SSSR count). The normalized spacial score (nSPS) is 45.9. The monoisotopic (exact) mass is 574 g/mol. The maximum absolute atomic E-state index is 13.9. The Morgan fingerprint density at radius 1 is 1.17 bits per heavy atom. The largest absolute Gasteiger partial charge is 0.462 e. The van der Waals surface area contributed by atoms with Crippen molar-refractivity contribution >= 4 is 5.97 Å². The van der Waals surface area contributed by atoms with Crippen LogP contribution >= 0.6 is 0 Å². The van der Waals surface area contributed by atoms with Crippen LogP contribution in [0.15, 0.2) is 47.1 Å². The average Bonchev–Trinajstić information content (AvgIpc) is 2.93. The van der Waals surface area contributed by atoms with Crippen molar-refractivity contribution in [2.45, 2.75) is 121 Å². The molecule has 3 aliphatic heterocycles. The lowest BCUT2D eigenvalue weighted by Crippen LogP contribution is -2.61. The second-order valence-corrected chi connectivity index (χ2v) is 12.7. The highest BCUT2D eigenvalue weighted by Gasteiger charge is 2.56. The van der Waals surface area contributed by atoms with Crippen LogP contribution in [0.4, 0.5) is 0 Å². The molecular weight excluding hydrogens is 524 g/mol. The summed E-state index contributed by atoms with van der Waals surface area (Å²) in [5.41, 5.74) is -0.164. The SMILES string of the molecule is CC[C@H]1O[C@]2(CC[C@@H]1C)C[C@@H]1C[C@@H](C/C=C(\C)C[C@@H](C)/C=C/C=C(\CO)[C@]3(O)[C@H](O)[C@H](OC)C(C)=C[C@H]3C(=O)O1)O2. The summed E-state index contributed by atoms with van der Waals surface area (Å²) in [6.07, 6.45) is 11.2. The van der Waals surface area contributed by atoms with Gasteiger partial charge in [0.05, 0.1) is 18.8 Å². The van der Waals surface area contributed by atoms with Crippen molar-refractivity contribution in [3.63, 3.8) is 0 Å². The minimum absolute atomic E-state index is 0.0639. The van der Waals surface area contributed by atoms with Crippen LogP contribution in [0.3, 0.4) is 0 Å². The molecule has 0 aromatic heterocycles. The fourth-order valence-electron chi connectivity index (χ4n) is 7.17. The lowest BCUT2D eigenvalue weighted by molar-refractivity contribution is -0.335. The standard InChI is InChI=1S/C33H50O8/c1-7-28-22(4)13-14-32(41-28)18-26-17-25(40-32)12-11-21(3)15-20(2)9-8-10-24(19-34)33(37)27(31(36)39-26)16-23(5)29(38-6)30(33)35/h8-11,16,20,22,25-30,34-35,37H,7,12-15,17-19H2,1-6H3/b9-8+,21-11+,24-10+/t20-,22-,25+,26-,27-,28+,29+,30+,32+,33+/m0/s1. The zero-order valence-corrected chi connectivity index (χ0v) is 25.5. The van der Waals surface area contributed by atoms with E-state index >= 15 is 0 Å². The third-order valence-corrected chi connectivity index (χ3v) is 9.51. The first kappa shape index (κ1) is 32.1. The lowest BCUT2D eigenvalue weighted by atomic mass is 9.69. The van der Waals surface area contributed by atoms with Crippen molar-refractivity contribution in [3.05, 3.63) is 47.1 Å². The molecule has 4 aliphatic rings. The van der Waals surface area contributed by atoms with Gasteiger partial charge in [-0.05, 0) is 62.5 Å². The van der Waals surface area contributed by atoms with Crippen LogP contribution in [0.5, 0.6) is 0 Å². The van der Waals surface area contributed by atoms with Crippen molar-refractivity contribution < 1.29 is 39.1 Å². The van der Waals surface area contributed by atoms with Gasteiger partial charge in [0.25, 0.3) is 0 Å². The first-order chi connectivity index (χ1) is 19.5. The number of hydrogen-bond acceptors (Lipinski definition) is 8. The molecule has 0 aromatic rings. The number of allylic oxidation sites excluding steroid dienone is 4. The highest BCUT2D eigenvalue weighted by molar-refractivity contribution is 5.78. The fraction of sp³-hybridized carbons (Fsp3) is 0.727. The van der Waals surface area contributed by atoms with Crippen molar-refractivity contribution in [2.75, 3.05) is 13.7 Å². The lowest BCUT2D eigenvalue weighted by Gasteiger charge is -2.50. The van der Waals surface area contributed by atoms with Gasteiger partial charge in [-0.3, -0.25) is 4.79 Å². The molecular formula is C33H50O8. The molecule has 1 spiro atoms. The fourth-order valence-corrected chi connectivity index (χ4v) is 7.17. The van der Waals surface area contributed by atoms with Gasteiger partial charge < -0.3 is 34.3 Å².